The van der Waals surface area contributed by atoms with E-state index < -0.39 is 16.1 Å². The highest BCUT2D eigenvalue weighted by atomic mass is 32.2. The molecular weight excluding hydrogens is 280 g/mol. The summed E-state index contributed by atoms with van der Waals surface area (Å²) >= 11 is 0. The van der Waals surface area contributed by atoms with E-state index in [0.717, 1.165) is 19.3 Å². The van der Waals surface area contributed by atoms with Crippen LogP contribution in [0.2, 0.25) is 0 Å². The number of methoxy groups -OCH3 is 1. The monoisotopic (exact) mass is 306 g/mol. The zero-order valence-electron chi connectivity index (χ0n) is 12.6. The average molecular weight is 306 g/mol. The van der Waals surface area contributed by atoms with E-state index in [2.05, 4.69) is 4.72 Å². The van der Waals surface area contributed by atoms with Gasteiger partial charge in [0.2, 0.25) is 0 Å². The van der Waals surface area contributed by atoms with Crippen LogP contribution in [0.5, 0.6) is 0 Å². The molecule has 0 aromatic heterocycles. The van der Waals surface area contributed by atoms with Crippen LogP contribution in [0.3, 0.4) is 0 Å². The number of nitrogens with zero attached hydrogens (tertiary/aromatic N) is 1. The maximum atomic E-state index is 12.1. The molecule has 1 atom stereocenters. The topological polar surface area (TPSA) is 75.7 Å². The van der Waals surface area contributed by atoms with Crippen LogP contribution in [0.25, 0.3) is 0 Å². The molecule has 0 aromatic carbocycles. The quantitative estimate of drug-likeness (QED) is 0.716. The molecule has 118 valence electrons. The van der Waals surface area contributed by atoms with Crippen LogP contribution in [0.4, 0.5) is 0 Å². The highest BCUT2D eigenvalue weighted by molar-refractivity contribution is 7.87. The summed E-state index contributed by atoms with van der Waals surface area (Å²) in [6.07, 6.45) is 3.47. The van der Waals surface area contributed by atoms with E-state index in [1.54, 1.807) is 0 Å². The summed E-state index contributed by atoms with van der Waals surface area (Å²) in [5.74, 6) is -0.488. The summed E-state index contributed by atoms with van der Waals surface area (Å²) in [5, 5.41) is 0. The first-order chi connectivity index (χ1) is 9.36. The van der Waals surface area contributed by atoms with E-state index in [0.29, 0.717) is 25.4 Å². The summed E-state index contributed by atoms with van der Waals surface area (Å²) in [7, 11) is -2.15. The van der Waals surface area contributed by atoms with Gasteiger partial charge in [-0.1, -0.05) is 20.3 Å². The van der Waals surface area contributed by atoms with Crippen LogP contribution in [-0.4, -0.2) is 45.4 Å². The van der Waals surface area contributed by atoms with Crippen molar-refractivity contribution < 1.29 is 17.9 Å². The number of carbonyl (C=O) groups is 1. The molecule has 0 bridgehead atoms. The Hall–Kier alpha value is -0.660. The Kier molecular flexibility index (Phi) is 6.91. The van der Waals surface area contributed by atoms with Crippen LogP contribution >= 0.6 is 0 Å². The lowest BCUT2D eigenvalue weighted by atomic mass is 9.97. The summed E-state index contributed by atoms with van der Waals surface area (Å²) in [5.41, 5.74) is 0. The molecule has 20 heavy (non-hydrogen) atoms. The molecule has 1 heterocycles. The van der Waals surface area contributed by atoms with Crippen LogP contribution in [-0.2, 0) is 19.7 Å². The second-order valence-electron chi connectivity index (χ2n) is 5.66. The van der Waals surface area contributed by atoms with Gasteiger partial charge < -0.3 is 4.74 Å². The minimum Gasteiger partial charge on any atom is -0.469 e. The van der Waals surface area contributed by atoms with E-state index in [4.69, 9.17) is 4.74 Å². The second kappa shape index (κ2) is 7.95. The van der Waals surface area contributed by atoms with Crippen LogP contribution in [0.15, 0.2) is 0 Å². The van der Waals surface area contributed by atoms with Crippen molar-refractivity contribution in [1.82, 2.24) is 9.03 Å². The number of piperidine rings is 1. The van der Waals surface area contributed by atoms with Crippen LogP contribution < -0.4 is 4.72 Å². The third-order valence-electron chi connectivity index (χ3n) is 3.46. The first-order valence-electron chi connectivity index (χ1n) is 7.19. The number of ether oxygens (including phenoxy) is 1. The number of hydrogen-bond donors (Lipinski definition) is 1. The Morgan fingerprint density at radius 2 is 1.85 bits per heavy atom. The SMILES string of the molecule is COC(=O)[C@@H](CNS(=O)(=O)N1CCCCC1)CC(C)C. The smallest absolute Gasteiger partial charge is 0.309 e. The third kappa shape index (κ3) is 5.38. The molecule has 6 nitrogen and oxygen atoms in total. The van der Waals surface area contributed by atoms with Crippen LogP contribution in [0, 0.1) is 11.8 Å². The Balaban J connectivity index is 2.58. The molecule has 1 rings (SSSR count). The van der Waals surface area contributed by atoms with Gasteiger partial charge in [0.05, 0.1) is 13.0 Å². The largest absolute Gasteiger partial charge is 0.469 e. The number of hydrogen-bond acceptors (Lipinski definition) is 4. The van der Waals surface area contributed by atoms with Gasteiger partial charge in [-0.05, 0) is 25.2 Å². The van der Waals surface area contributed by atoms with Crippen molar-refractivity contribution in [3.8, 4) is 0 Å². The van der Waals surface area contributed by atoms with Crippen molar-refractivity contribution in [3.63, 3.8) is 0 Å². The van der Waals surface area contributed by atoms with Crippen molar-refractivity contribution in [2.45, 2.75) is 39.5 Å². The maximum Gasteiger partial charge on any atom is 0.309 e. The lowest BCUT2D eigenvalue weighted by Crippen LogP contribution is -2.45. The second-order valence-corrected chi connectivity index (χ2v) is 7.42. The van der Waals surface area contributed by atoms with Crippen molar-refractivity contribution in [3.05, 3.63) is 0 Å². The van der Waals surface area contributed by atoms with E-state index in [1.807, 2.05) is 13.8 Å². The van der Waals surface area contributed by atoms with Crippen molar-refractivity contribution in [1.29, 1.82) is 0 Å². The van der Waals surface area contributed by atoms with Gasteiger partial charge in [0.1, 0.15) is 0 Å². The zero-order chi connectivity index (χ0) is 15.2. The fraction of sp³-hybridized carbons (Fsp3) is 0.923. The molecule has 0 saturated carbocycles. The summed E-state index contributed by atoms with van der Waals surface area (Å²) < 4.78 is 33.0. The third-order valence-corrected chi connectivity index (χ3v) is 5.03. The van der Waals surface area contributed by atoms with Gasteiger partial charge in [-0.15, -0.1) is 0 Å². The highest BCUT2D eigenvalue weighted by Crippen LogP contribution is 2.15. The first kappa shape index (κ1) is 17.4. The average Bonchev–Trinajstić information content (AvgIpc) is 2.43. The van der Waals surface area contributed by atoms with Gasteiger partial charge in [0.15, 0.2) is 0 Å². The Morgan fingerprint density at radius 3 is 2.35 bits per heavy atom. The zero-order valence-corrected chi connectivity index (χ0v) is 13.4. The molecule has 0 amide bonds. The van der Waals surface area contributed by atoms with Crippen molar-refractivity contribution in [2.24, 2.45) is 11.8 Å². The van der Waals surface area contributed by atoms with E-state index >= 15 is 0 Å². The molecule has 1 aliphatic heterocycles. The number of rotatable bonds is 7. The predicted octanol–water partition coefficient (Wildman–Crippen LogP) is 1.14. The molecule has 1 N–H and O–H groups in total. The maximum absolute atomic E-state index is 12.1. The van der Waals surface area contributed by atoms with Gasteiger partial charge in [0.25, 0.3) is 10.2 Å². The minimum absolute atomic E-state index is 0.101. The summed E-state index contributed by atoms with van der Waals surface area (Å²) in [6, 6.07) is 0. The fourth-order valence-corrected chi connectivity index (χ4v) is 3.73. The van der Waals surface area contributed by atoms with Gasteiger partial charge in [-0.3, -0.25) is 4.79 Å². The predicted molar refractivity (Wildman–Crippen MR) is 77.3 cm³/mol. The van der Waals surface area contributed by atoms with Gasteiger partial charge in [0, 0.05) is 19.6 Å². The Morgan fingerprint density at radius 1 is 1.25 bits per heavy atom. The van der Waals surface area contributed by atoms with Gasteiger partial charge in [-0.2, -0.15) is 12.7 Å². The molecule has 1 aliphatic rings. The van der Waals surface area contributed by atoms with E-state index in [-0.39, 0.29) is 12.5 Å². The Bertz CT molecular complexity index is 403. The minimum atomic E-state index is -3.48. The lowest BCUT2D eigenvalue weighted by molar-refractivity contribution is -0.145. The van der Waals surface area contributed by atoms with Crippen molar-refractivity contribution in [2.75, 3.05) is 26.7 Å². The lowest BCUT2D eigenvalue weighted by Gasteiger charge is -2.27. The summed E-state index contributed by atoms with van der Waals surface area (Å²) in [6.45, 7) is 5.21. The van der Waals surface area contributed by atoms with E-state index in [1.165, 1.54) is 11.4 Å². The van der Waals surface area contributed by atoms with Gasteiger partial charge in [-0.25, -0.2) is 4.72 Å². The van der Waals surface area contributed by atoms with Crippen molar-refractivity contribution >= 4 is 16.2 Å². The molecule has 1 saturated heterocycles. The van der Waals surface area contributed by atoms with Crippen LogP contribution in [0.1, 0.15) is 39.5 Å². The normalized spacial score (nSPS) is 19.0. The molecule has 0 aromatic rings. The fourth-order valence-electron chi connectivity index (χ4n) is 2.40. The number of nitrogens with one attached hydrogen (secondary N) is 1. The standard InChI is InChI=1S/C13H26N2O4S/c1-11(2)9-12(13(16)19-3)10-14-20(17,18)15-7-5-4-6-8-15/h11-12,14H,4-10H2,1-3H3/t12-/m1/s1. The summed E-state index contributed by atoms with van der Waals surface area (Å²) in [4.78, 5) is 11.7. The molecule has 0 aliphatic carbocycles. The molecule has 0 unspecified atom stereocenters. The first-order valence-corrected chi connectivity index (χ1v) is 8.63. The highest BCUT2D eigenvalue weighted by Gasteiger charge is 2.27. The number of esters is 1. The molecular formula is C13H26N2O4S. The van der Waals surface area contributed by atoms with E-state index in [9.17, 15) is 13.2 Å². The molecule has 0 spiro atoms. The molecule has 1 fully saturated rings. The molecule has 7 heteroatoms. The molecule has 0 radical (unpaired) electrons. The number of carbonyl (C=O) groups excluding carboxylic acids is 1. The van der Waals surface area contributed by atoms with Gasteiger partial charge >= 0.3 is 5.97 Å². The Labute approximate surface area is 122 Å².